The molecule has 1 fully saturated rings. The van der Waals surface area contributed by atoms with Gasteiger partial charge in [-0.25, -0.2) is 0 Å². The lowest BCUT2D eigenvalue weighted by atomic mass is 9.85. The lowest BCUT2D eigenvalue weighted by molar-refractivity contribution is 0.263. The first kappa shape index (κ1) is 12.0. The van der Waals surface area contributed by atoms with E-state index in [0.29, 0.717) is 6.04 Å². The van der Waals surface area contributed by atoms with E-state index in [2.05, 4.69) is 31.1 Å². The van der Waals surface area contributed by atoms with Crippen molar-refractivity contribution >= 4 is 0 Å². The summed E-state index contributed by atoms with van der Waals surface area (Å²) < 4.78 is 0. The van der Waals surface area contributed by atoms with Crippen LogP contribution in [0.15, 0.2) is 0 Å². The van der Waals surface area contributed by atoms with Gasteiger partial charge < -0.3 is 10.2 Å². The normalized spacial score (nSPS) is 17.8. The van der Waals surface area contributed by atoms with Crippen LogP contribution in [-0.4, -0.2) is 37.6 Å². The standard InChI is InChI=1S/C12H26N2/c1-11(2)14(3)9-5-8-13-10-12-6-4-7-12/h11-13H,4-10H2,1-3H3. The average molecular weight is 198 g/mol. The molecule has 0 aliphatic heterocycles. The molecule has 0 saturated heterocycles. The van der Waals surface area contributed by atoms with Crippen LogP contribution in [0.2, 0.25) is 0 Å². The Hall–Kier alpha value is -0.0800. The van der Waals surface area contributed by atoms with E-state index in [1.54, 1.807) is 0 Å². The Morgan fingerprint density at radius 1 is 1.36 bits per heavy atom. The number of rotatable bonds is 7. The van der Waals surface area contributed by atoms with Gasteiger partial charge in [0.1, 0.15) is 0 Å². The van der Waals surface area contributed by atoms with Crippen LogP contribution in [0.1, 0.15) is 39.5 Å². The average Bonchev–Trinajstić information content (AvgIpc) is 2.07. The van der Waals surface area contributed by atoms with E-state index in [0.717, 1.165) is 5.92 Å². The molecule has 2 nitrogen and oxygen atoms in total. The third kappa shape index (κ3) is 4.43. The maximum absolute atomic E-state index is 3.55. The molecule has 1 saturated carbocycles. The summed E-state index contributed by atoms with van der Waals surface area (Å²) >= 11 is 0. The van der Waals surface area contributed by atoms with Gasteiger partial charge in [-0.1, -0.05) is 6.42 Å². The molecule has 1 N–H and O–H groups in total. The van der Waals surface area contributed by atoms with Crippen molar-refractivity contribution in [1.82, 2.24) is 10.2 Å². The Bertz CT molecular complexity index is 141. The van der Waals surface area contributed by atoms with Crippen molar-refractivity contribution in [2.24, 2.45) is 5.92 Å². The lowest BCUT2D eigenvalue weighted by Crippen LogP contribution is -2.32. The van der Waals surface area contributed by atoms with Crippen molar-refractivity contribution in [3.8, 4) is 0 Å². The van der Waals surface area contributed by atoms with E-state index in [9.17, 15) is 0 Å². The third-order valence-corrected chi connectivity index (χ3v) is 3.40. The molecule has 0 atom stereocenters. The highest BCUT2D eigenvalue weighted by molar-refractivity contribution is 4.71. The second-order valence-electron chi connectivity index (χ2n) is 4.93. The molecule has 0 unspecified atom stereocenters. The van der Waals surface area contributed by atoms with Gasteiger partial charge in [0.25, 0.3) is 0 Å². The Kier molecular flexibility index (Phi) is 5.49. The van der Waals surface area contributed by atoms with Gasteiger partial charge in [-0.2, -0.15) is 0 Å². The van der Waals surface area contributed by atoms with E-state index in [4.69, 9.17) is 0 Å². The minimum atomic E-state index is 0.682. The maximum atomic E-state index is 3.55. The van der Waals surface area contributed by atoms with Crippen molar-refractivity contribution in [2.75, 3.05) is 26.7 Å². The Morgan fingerprint density at radius 3 is 2.57 bits per heavy atom. The summed E-state index contributed by atoms with van der Waals surface area (Å²) in [6, 6.07) is 0.682. The summed E-state index contributed by atoms with van der Waals surface area (Å²) in [5.74, 6) is 0.998. The molecule has 0 bridgehead atoms. The van der Waals surface area contributed by atoms with E-state index >= 15 is 0 Å². The van der Waals surface area contributed by atoms with E-state index < -0.39 is 0 Å². The van der Waals surface area contributed by atoms with Crippen LogP contribution in [0.25, 0.3) is 0 Å². The first-order valence-corrected chi connectivity index (χ1v) is 6.11. The SMILES string of the molecule is CC(C)N(C)CCCNCC1CCC1. The van der Waals surface area contributed by atoms with Crippen molar-refractivity contribution in [1.29, 1.82) is 0 Å². The fraction of sp³-hybridized carbons (Fsp3) is 1.00. The highest BCUT2D eigenvalue weighted by Crippen LogP contribution is 2.24. The van der Waals surface area contributed by atoms with Gasteiger partial charge in [0.15, 0.2) is 0 Å². The third-order valence-electron chi connectivity index (χ3n) is 3.40. The highest BCUT2D eigenvalue weighted by atomic mass is 15.1. The van der Waals surface area contributed by atoms with Crippen LogP contribution in [-0.2, 0) is 0 Å². The number of nitrogens with one attached hydrogen (secondary N) is 1. The molecule has 0 spiro atoms. The van der Waals surface area contributed by atoms with Gasteiger partial charge >= 0.3 is 0 Å². The van der Waals surface area contributed by atoms with Crippen LogP contribution in [0, 0.1) is 5.92 Å². The fourth-order valence-electron chi connectivity index (χ4n) is 1.71. The Morgan fingerprint density at radius 2 is 2.07 bits per heavy atom. The number of nitrogens with zero attached hydrogens (tertiary/aromatic N) is 1. The quantitative estimate of drug-likeness (QED) is 0.630. The van der Waals surface area contributed by atoms with Crippen LogP contribution < -0.4 is 5.32 Å². The van der Waals surface area contributed by atoms with E-state index in [1.165, 1.54) is 45.3 Å². The first-order chi connectivity index (χ1) is 6.70. The molecule has 1 aliphatic rings. The summed E-state index contributed by atoms with van der Waals surface area (Å²) in [4.78, 5) is 2.41. The van der Waals surface area contributed by atoms with Crippen molar-refractivity contribution in [3.05, 3.63) is 0 Å². The molecule has 0 amide bonds. The molecular weight excluding hydrogens is 172 g/mol. The second kappa shape index (κ2) is 6.41. The van der Waals surface area contributed by atoms with E-state index in [1.807, 2.05) is 0 Å². The molecule has 2 heteroatoms. The molecule has 1 aliphatic carbocycles. The second-order valence-corrected chi connectivity index (χ2v) is 4.93. The Labute approximate surface area is 89.1 Å². The molecule has 0 aromatic heterocycles. The van der Waals surface area contributed by atoms with Gasteiger partial charge in [0, 0.05) is 6.04 Å². The minimum absolute atomic E-state index is 0.682. The lowest BCUT2D eigenvalue weighted by Gasteiger charge is -2.26. The highest BCUT2D eigenvalue weighted by Gasteiger charge is 2.15. The summed E-state index contributed by atoms with van der Waals surface area (Å²) in [5, 5.41) is 3.55. The zero-order valence-corrected chi connectivity index (χ0v) is 10.1. The van der Waals surface area contributed by atoms with Gasteiger partial charge in [0.05, 0.1) is 0 Å². The molecule has 14 heavy (non-hydrogen) atoms. The monoisotopic (exact) mass is 198 g/mol. The molecule has 1 rings (SSSR count). The number of hydrogen-bond donors (Lipinski definition) is 1. The fourth-order valence-corrected chi connectivity index (χ4v) is 1.71. The van der Waals surface area contributed by atoms with E-state index in [-0.39, 0.29) is 0 Å². The van der Waals surface area contributed by atoms with Crippen molar-refractivity contribution in [3.63, 3.8) is 0 Å². The smallest absolute Gasteiger partial charge is 0.00355 e. The molecule has 0 aromatic carbocycles. The summed E-state index contributed by atoms with van der Waals surface area (Å²) in [6.07, 6.45) is 5.65. The van der Waals surface area contributed by atoms with Crippen molar-refractivity contribution in [2.45, 2.75) is 45.6 Å². The predicted octanol–water partition coefficient (Wildman–Crippen LogP) is 2.11. The molecule has 0 radical (unpaired) electrons. The van der Waals surface area contributed by atoms with Crippen molar-refractivity contribution < 1.29 is 0 Å². The van der Waals surface area contributed by atoms with Crippen LogP contribution in [0.4, 0.5) is 0 Å². The van der Waals surface area contributed by atoms with Gasteiger partial charge in [-0.3, -0.25) is 0 Å². The summed E-state index contributed by atoms with van der Waals surface area (Å²) in [6.45, 7) is 8.16. The zero-order chi connectivity index (χ0) is 10.4. The van der Waals surface area contributed by atoms with Crippen LogP contribution in [0.3, 0.4) is 0 Å². The minimum Gasteiger partial charge on any atom is -0.316 e. The molecular formula is C12H26N2. The maximum Gasteiger partial charge on any atom is 0.00355 e. The predicted molar refractivity (Wildman–Crippen MR) is 62.6 cm³/mol. The van der Waals surface area contributed by atoms with Gasteiger partial charge in [-0.15, -0.1) is 0 Å². The molecule has 0 aromatic rings. The summed E-state index contributed by atoms with van der Waals surface area (Å²) in [5.41, 5.74) is 0. The van der Waals surface area contributed by atoms with Crippen LogP contribution >= 0.6 is 0 Å². The summed E-state index contributed by atoms with van der Waals surface area (Å²) in [7, 11) is 2.20. The number of hydrogen-bond acceptors (Lipinski definition) is 2. The topological polar surface area (TPSA) is 15.3 Å². The molecule has 0 heterocycles. The first-order valence-electron chi connectivity index (χ1n) is 6.11. The van der Waals surface area contributed by atoms with Gasteiger partial charge in [0.2, 0.25) is 0 Å². The molecule has 84 valence electrons. The van der Waals surface area contributed by atoms with Crippen LogP contribution in [0.5, 0.6) is 0 Å². The largest absolute Gasteiger partial charge is 0.316 e. The zero-order valence-electron chi connectivity index (χ0n) is 10.1. The Balaban J connectivity index is 1.83. The van der Waals surface area contributed by atoms with Gasteiger partial charge in [-0.05, 0) is 65.7 Å².